The summed E-state index contributed by atoms with van der Waals surface area (Å²) in [7, 11) is 0. The molecule has 2 atom stereocenters. The van der Waals surface area contributed by atoms with E-state index in [1.165, 1.54) is 17.9 Å². The zero-order valence-electron chi connectivity index (χ0n) is 18.4. The van der Waals surface area contributed by atoms with E-state index >= 15 is 0 Å². The molecule has 0 bridgehead atoms. The van der Waals surface area contributed by atoms with Crippen LogP contribution in [0, 0.1) is 5.82 Å². The molecule has 172 valence electrons. The van der Waals surface area contributed by atoms with Crippen molar-refractivity contribution in [2.45, 2.75) is 32.5 Å². The van der Waals surface area contributed by atoms with Crippen molar-refractivity contribution in [3.63, 3.8) is 0 Å². The maximum absolute atomic E-state index is 15.0. The molecular formula is C24H25FN4O3S. The molecule has 1 aromatic heterocycles. The van der Waals surface area contributed by atoms with E-state index in [1.807, 2.05) is 29.6 Å². The molecule has 1 fully saturated rings. The third-order valence-corrected chi connectivity index (χ3v) is 6.26. The predicted octanol–water partition coefficient (Wildman–Crippen LogP) is 4.26. The van der Waals surface area contributed by atoms with Gasteiger partial charge in [-0.25, -0.2) is 14.2 Å². The Morgan fingerprint density at radius 2 is 2.09 bits per heavy atom. The molecule has 2 unspecified atom stereocenters. The highest BCUT2D eigenvalue weighted by molar-refractivity contribution is 7.09. The summed E-state index contributed by atoms with van der Waals surface area (Å²) in [5, 5.41) is 9.04. The van der Waals surface area contributed by atoms with Gasteiger partial charge >= 0.3 is 6.09 Å². The van der Waals surface area contributed by atoms with Crippen molar-refractivity contribution in [3.05, 3.63) is 70.4 Å². The second-order valence-electron chi connectivity index (χ2n) is 7.87. The van der Waals surface area contributed by atoms with Gasteiger partial charge in [0.1, 0.15) is 16.9 Å². The smallest absolute Gasteiger partial charge is 0.414 e. The fraction of sp³-hybridized carbons (Fsp3) is 0.292. The summed E-state index contributed by atoms with van der Waals surface area (Å²) in [5.41, 5.74) is 2.72. The fourth-order valence-corrected chi connectivity index (χ4v) is 4.22. The molecule has 1 aliphatic heterocycles. The van der Waals surface area contributed by atoms with Crippen LogP contribution < -0.4 is 15.5 Å². The van der Waals surface area contributed by atoms with Gasteiger partial charge in [0.05, 0.1) is 18.8 Å². The second kappa shape index (κ2) is 10.1. The number of carbonyl (C=O) groups is 2. The van der Waals surface area contributed by atoms with E-state index in [9.17, 15) is 14.0 Å². The number of halogens is 1. The number of aromatic nitrogens is 1. The molecule has 1 aliphatic rings. The lowest BCUT2D eigenvalue weighted by atomic mass is 10.0. The van der Waals surface area contributed by atoms with Gasteiger partial charge in [0, 0.05) is 36.7 Å². The summed E-state index contributed by atoms with van der Waals surface area (Å²) in [6.45, 7) is 4.64. The molecule has 0 spiro atoms. The third kappa shape index (κ3) is 5.55. The molecule has 4 rings (SSSR count). The van der Waals surface area contributed by atoms with E-state index in [0.29, 0.717) is 17.8 Å². The number of hydrogen-bond donors (Lipinski definition) is 2. The number of nitrogens with zero attached hydrogens (tertiary/aromatic N) is 2. The third-order valence-electron chi connectivity index (χ3n) is 5.48. The number of rotatable bonds is 8. The van der Waals surface area contributed by atoms with Crippen LogP contribution in [0.4, 0.5) is 14.9 Å². The zero-order chi connectivity index (χ0) is 23.4. The Morgan fingerprint density at radius 3 is 2.76 bits per heavy atom. The normalized spacial score (nSPS) is 16.5. The van der Waals surface area contributed by atoms with Crippen molar-refractivity contribution in [1.29, 1.82) is 0 Å². The van der Waals surface area contributed by atoms with Crippen LogP contribution in [0.5, 0.6) is 0 Å². The van der Waals surface area contributed by atoms with Crippen LogP contribution in [0.1, 0.15) is 30.5 Å². The number of anilines is 1. The Bertz CT molecular complexity index is 1120. The lowest BCUT2D eigenvalue weighted by molar-refractivity contribution is -0.119. The monoisotopic (exact) mass is 468 g/mol. The number of ether oxygens (including phenoxy) is 1. The fourth-order valence-electron chi connectivity index (χ4n) is 3.65. The van der Waals surface area contributed by atoms with E-state index < -0.39 is 18.0 Å². The highest BCUT2D eigenvalue weighted by atomic mass is 32.1. The molecule has 1 saturated heterocycles. The maximum atomic E-state index is 15.0. The predicted molar refractivity (Wildman–Crippen MR) is 126 cm³/mol. The van der Waals surface area contributed by atoms with Crippen LogP contribution in [-0.2, 0) is 16.1 Å². The van der Waals surface area contributed by atoms with Crippen molar-refractivity contribution >= 4 is 29.0 Å². The van der Waals surface area contributed by atoms with Gasteiger partial charge in [0.25, 0.3) is 0 Å². The number of cyclic esters (lactones) is 1. The van der Waals surface area contributed by atoms with Crippen molar-refractivity contribution in [2.24, 2.45) is 0 Å². The molecule has 0 saturated carbocycles. The molecule has 7 nitrogen and oxygen atoms in total. The van der Waals surface area contributed by atoms with E-state index in [-0.39, 0.29) is 25.0 Å². The number of hydrogen-bond acceptors (Lipinski definition) is 6. The van der Waals surface area contributed by atoms with Crippen LogP contribution in [0.15, 0.2) is 54.0 Å². The van der Waals surface area contributed by atoms with E-state index in [1.54, 1.807) is 29.7 Å². The summed E-state index contributed by atoms with van der Waals surface area (Å²) in [4.78, 5) is 28.9. The molecule has 2 amide bonds. The second-order valence-corrected chi connectivity index (χ2v) is 8.85. The Balaban J connectivity index is 1.41. The van der Waals surface area contributed by atoms with Crippen molar-refractivity contribution in [1.82, 2.24) is 15.6 Å². The first-order valence-electron chi connectivity index (χ1n) is 10.6. The number of nitrogens with one attached hydrogen (secondary N) is 2. The molecule has 3 aromatic rings. The van der Waals surface area contributed by atoms with Gasteiger partial charge in [-0.15, -0.1) is 11.3 Å². The summed E-state index contributed by atoms with van der Waals surface area (Å²) in [5.74, 6) is -0.621. The van der Waals surface area contributed by atoms with Gasteiger partial charge in [-0.1, -0.05) is 24.3 Å². The van der Waals surface area contributed by atoms with Gasteiger partial charge in [0.2, 0.25) is 5.91 Å². The molecular weight excluding hydrogens is 443 g/mol. The summed E-state index contributed by atoms with van der Waals surface area (Å²) >= 11 is 1.61. The maximum Gasteiger partial charge on any atom is 0.414 e. The topological polar surface area (TPSA) is 83.6 Å². The quantitative estimate of drug-likeness (QED) is 0.516. The number of thiazole rings is 1. The number of amides is 2. The Hall–Kier alpha value is -3.30. The minimum atomic E-state index is -0.555. The standard InChI is InChI=1S/C24H25FN4O3S/c1-15(27-13-23-26-9-10-33-23)17-3-5-18(6-4-17)21-8-7-19(11-22(21)25)29-14-20(32-24(29)31)12-28-16(2)30/h3-11,15,20,27H,12-14H2,1-2H3,(H,28,30). The van der Waals surface area contributed by atoms with Crippen molar-refractivity contribution < 1.29 is 18.7 Å². The average molecular weight is 469 g/mol. The van der Waals surface area contributed by atoms with Crippen molar-refractivity contribution in [2.75, 3.05) is 18.0 Å². The first-order valence-corrected chi connectivity index (χ1v) is 11.5. The average Bonchev–Trinajstić information content (AvgIpc) is 3.45. The van der Waals surface area contributed by atoms with Crippen LogP contribution in [0.25, 0.3) is 11.1 Å². The molecule has 2 heterocycles. The Kier molecular flexibility index (Phi) is 7.00. The minimum absolute atomic E-state index is 0.127. The van der Waals surface area contributed by atoms with Crippen LogP contribution >= 0.6 is 11.3 Å². The van der Waals surface area contributed by atoms with E-state index in [0.717, 1.165) is 16.1 Å². The zero-order valence-corrected chi connectivity index (χ0v) is 19.2. The summed E-state index contributed by atoms with van der Waals surface area (Å²) in [6, 6.07) is 12.6. The number of carbonyl (C=O) groups excluding carboxylic acids is 2. The minimum Gasteiger partial charge on any atom is -0.442 e. The lowest BCUT2D eigenvalue weighted by Crippen LogP contribution is -2.33. The van der Waals surface area contributed by atoms with E-state index in [2.05, 4.69) is 22.5 Å². The van der Waals surface area contributed by atoms with Crippen LogP contribution in [-0.4, -0.2) is 36.2 Å². The Labute approximate surface area is 195 Å². The van der Waals surface area contributed by atoms with E-state index in [4.69, 9.17) is 4.74 Å². The van der Waals surface area contributed by atoms with Crippen LogP contribution in [0.3, 0.4) is 0 Å². The largest absolute Gasteiger partial charge is 0.442 e. The highest BCUT2D eigenvalue weighted by Gasteiger charge is 2.32. The Morgan fingerprint density at radius 1 is 1.30 bits per heavy atom. The summed E-state index contributed by atoms with van der Waals surface area (Å²) in [6.07, 6.45) is 0.765. The first kappa shape index (κ1) is 22.9. The SMILES string of the molecule is CC(=O)NCC1CN(c2ccc(-c3ccc(C(C)NCc4nccs4)cc3)c(F)c2)C(=O)O1. The van der Waals surface area contributed by atoms with Crippen LogP contribution in [0.2, 0.25) is 0 Å². The van der Waals surface area contributed by atoms with Gasteiger partial charge in [-0.3, -0.25) is 9.69 Å². The van der Waals surface area contributed by atoms with Gasteiger partial charge in [-0.05, 0) is 36.2 Å². The number of benzene rings is 2. The van der Waals surface area contributed by atoms with Gasteiger partial charge in [0.15, 0.2) is 0 Å². The summed E-state index contributed by atoms with van der Waals surface area (Å²) < 4.78 is 20.2. The molecule has 33 heavy (non-hydrogen) atoms. The van der Waals surface area contributed by atoms with Gasteiger partial charge in [-0.2, -0.15) is 0 Å². The molecule has 0 radical (unpaired) electrons. The van der Waals surface area contributed by atoms with Crippen molar-refractivity contribution in [3.8, 4) is 11.1 Å². The molecule has 2 N–H and O–H groups in total. The molecule has 9 heteroatoms. The first-order chi connectivity index (χ1) is 15.9. The molecule has 0 aliphatic carbocycles. The highest BCUT2D eigenvalue weighted by Crippen LogP contribution is 2.30. The molecule has 2 aromatic carbocycles. The lowest BCUT2D eigenvalue weighted by Gasteiger charge is -2.16. The van der Waals surface area contributed by atoms with Gasteiger partial charge < -0.3 is 15.4 Å².